The van der Waals surface area contributed by atoms with Crippen LogP contribution < -0.4 is 15.5 Å². The number of nitrogens with zero attached hydrogens (tertiary/aromatic N) is 3. The van der Waals surface area contributed by atoms with E-state index in [-0.39, 0.29) is 10.4 Å². The summed E-state index contributed by atoms with van der Waals surface area (Å²) in [7, 11) is -3.49. The van der Waals surface area contributed by atoms with Crippen molar-refractivity contribution in [1.82, 2.24) is 9.58 Å². The molecule has 9 heteroatoms. The summed E-state index contributed by atoms with van der Waals surface area (Å²) in [6.07, 6.45) is 1.39. The Labute approximate surface area is 121 Å². The number of sulfonamides is 1. The van der Waals surface area contributed by atoms with Gasteiger partial charge in [0.25, 0.3) is 5.55 Å². The van der Waals surface area contributed by atoms with Crippen LogP contribution in [0.2, 0.25) is 0 Å². The molecule has 1 saturated heterocycles. The molecule has 0 bridgehead atoms. The Morgan fingerprint density at radius 3 is 2.43 bits per heavy atom. The molecule has 0 unspecified atom stereocenters. The first kappa shape index (κ1) is 14.0. The van der Waals surface area contributed by atoms with Gasteiger partial charge in [-0.2, -0.15) is 4.31 Å². The molecule has 0 saturated carbocycles. The van der Waals surface area contributed by atoms with Crippen molar-refractivity contribution in [3.8, 4) is 5.69 Å². The zero-order chi connectivity index (χ0) is 14.9. The maximum Gasteiger partial charge on any atom is 0.265 e. The maximum absolute atomic E-state index is 12.4. The molecule has 3 rings (SSSR count). The highest BCUT2D eigenvalue weighted by Gasteiger charge is 2.26. The summed E-state index contributed by atoms with van der Waals surface area (Å²) < 4.78 is 37.5. The molecule has 0 atom stereocenters. The summed E-state index contributed by atoms with van der Waals surface area (Å²) in [5.41, 5.74) is 0.554. The summed E-state index contributed by atoms with van der Waals surface area (Å²) in [5, 5.41) is 10.9. The number of benzene rings is 1. The van der Waals surface area contributed by atoms with Crippen molar-refractivity contribution in [3.63, 3.8) is 0 Å². The summed E-state index contributed by atoms with van der Waals surface area (Å²) >= 11 is 0. The van der Waals surface area contributed by atoms with E-state index in [0.717, 1.165) is 0 Å². The van der Waals surface area contributed by atoms with E-state index in [0.29, 0.717) is 32.0 Å². The Morgan fingerprint density at radius 1 is 1.19 bits per heavy atom. The number of rotatable bonds is 3. The average molecular weight is 310 g/mol. The van der Waals surface area contributed by atoms with Crippen molar-refractivity contribution in [2.75, 3.05) is 26.3 Å². The molecule has 0 aliphatic carbocycles. The van der Waals surface area contributed by atoms with Crippen LogP contribution in [-0.4, -0.2) is 39.0 Å². The highest BCUT2D eigenvalue weighted by molar-refractivity contribution is 7.89. The fourth-order valence-corrected chi connectivity index (χ4v) is 3.48. The standard InChI is InChI=1S/C12H14N4O4S/c13-12-9-16(14-20-12)10-1-3-11(4-2-10)21(17,18)15-5-7-19-8-6-15/h1-4,9,13H,5-8H2. The van der Waals surface area contributed by atoms with Crippen LogP contribution in [0.15, 0.2) is 39.9 Å². The highest BCUT2D eigenvalue weighted by Crippen LogP contribution is 2.17. The van der Waals surface area contributed by atoms with E-state index in [2.05, 4.69) is 9.79 Å². The lowest BCUT2D eigenvalue weighted by Gasteiger charge is -2.25. The van der Waals surface area contributed by atoms with Gasteiger partial charge in [-0.25, -0.2) is 13.1 Å². The van der Waals surface area contributed by atoms with Crippen molar-refractivity contribution in [1.29, 1.82) is 5.41 Å². The summed E-state index contributed by atoms with van der Waals surface area (Å²) in [6, 6.07) is 6.28. The fraction of sp³-hybridized carbons (Fsp3) is 0.333. The van der Waals surface area contributed by atoms with Crippen molar-refractivity contribution in [3.05, 3.63) is 36.0 Å². The number of aromatic nitrogens is 2. The van der Waals surface area contributed by atoms with E-state index in [1.807, 2.05) is 0 Å². The number of ether oxygens (including phenoxy) is 1. The molecule has 1 aromatic heterocycles. The molecule has 0 radical (unpaired) electrons. The number of nitrogens with one attached hydrogen (secondary N) is 1. The molecule has 1 aliphatic rings. The molecule has 21 heavy (non-hydrogen) atoms. The van der Waals surface area contributed by atoms with E-state index in [1.165, 1.54) is 27.3 Å². The third-order valence-corrected chi connectivity index (χ3v) is 5.09. The van der Waals surface area contributed by atoms with E-state index >= 15 is 0 Å². The van der Waals surface area contributed by atoms with Gasteiger partial charge < -0.3 is 9.26 Å². The van der Waals surface area contributed by atoms with Gasteiger partial charge in [0.2, 0.25) is 21.9 Å². The molecular weight excluding hydrogens is 296 g/mol. The zero-order valence-corrected chi connectivity index (χ0v) is 11.9. The third kappa shape index (κ3) is 2.75. The second-order valence-corrected chi connectivity index (χ2v) is 6.46. The lowest BCUT2D eigenvalue weighted by atomic mass is 10.3. The fourth-order valence-electron chi connectivity index (χ4n) is 2.07. The van der Waals surface area contributed by atoms with Gasteiger partial charge in [0, 0.05) is 25.2 Å². The van der Waals surface area contributed by atoms with Crippen molar-refractivity contribution >= 4 is 10.0 Å². The lowest BCUT2D eigenvalue weighted by Crippen LogP contribution is -2.40. The number of morpholine rings is 1. The van der Waals surface area contributed by atoms with Crippen LogP contribution in [0.3, 0.4) is 0 Å². The Bertz CT molecular complexity index is 772. The molecule has 8 nitrogen and oxygen atoms in total. The molecule has 2 aromatic rings. The van der Waals surface area contributed by atoms with Crippen molar-refractivity contribution < 1.29 is 22.4 Å². The minimum atomic E-state index is -3.49. The van der Waals surface area contributed by atoms with Crippen LogP contribution in [0.5, 0.6) is 0 Å². The second-order valence-electron chi connectivity index (χ2n) is 4.52. The van der Waals surface area contributed by atoms with Crippen LogP contribution in [0.1, 0.15) is 0 Å². The molecule has 2 heterocycles. The SMILES string of the molecule is N=c1c[n+](-c2ccc(S(=O)(=O)N3CCOCC3)cc2)[n-]o1. The highest BCUT2D eigenvalue weighted by atomic mass is 32.2. The van der Waals surface area contributed by atoms with Crippen LogP contribution >= 0.6 is 0 Å². The molecule has 0 amide bonds. The van der Waals surface area contributed by atoms with Crippen molar-refractivity contribution in [2.24, 2.45) is 0 Å². The van der Waals surface area contributed by atoms with Gasteiger partial charge >= 0.3 is 0 Å². The smallest absolute Gasteiger partial charge is 0.265 e. The lowest BCUT2D eigenvalue weighted by molar-refractivity contribution is -0.676. The monoisotopic (exact) mass is 310 g/mol. The van der Waals surface area contributed by atoms with Crippen LogP contribution in [0.25, 0.3) is 5.69 Å². The van der Waals surface area contributed by atoms with E-state index in [9.17, 15) is 8.42 Å². The average Bonchev–Trinajstić information content (AvgIpc) is 2.95. The first-order valence-corrected chi connectivity index (χ1v) is 7.80. The minimum absolute atomic E-state index is 0.0694. The topological polar surface area (TPSA) is 102 Å². The van der Waals surface area contributed by atoms with Crippen LogP contribution in [0, 0.1) is 5.41 Å². The van der Waals surface area contributed by atoms with Crippen molar-refractivity contribution in [2.45, 2.75) is 4.90 Å². The van der Waals surface area contributed by atoms with Gasteiger partial charge in [0.1, 0.15) is 0 Å². The maximum atomic E-state index is 12.4. The second kappa shape index (κ2) is 5.43. The molecule has 1 N–H and O–H groups in total. The quantitative estimate of drug-likeness (QED) is 0.734. The molecule has 112 valence electrons. The molecule has 1 aliphatic heterocycles. The van der Waals surface area contributed by atoms with Gasteiger partial charge in [0.05, 0.1) is 18.1 Å². The molecule has 1 fully saturated rings. The van der Waals surface area contributed by atoms with E-state index < -0.39 is 10.0 Å². The summed E-state index contributed by atoms with van der Waals surface area (Å²) in [6.45, 7) is 1.56. The zero-order valence-electron chi connectivity index (χ0n) is 11.1. The van der Waals surface area contributed by atoms with Gasteiger partial charge in [-0.15, -0.1) is 0 Å². The predicted octanol–water partition coefficient (Wildman–Crippen LogP) is -0.986. The molecular formula is C12H14N4O4S. The van der Waals surface area contributed by atoms with E-state index in [4.69, 9.17) is 10.1 Å². The Balaban J connectivity index is 1.88. The van der Waals surface area contributed by atoms with Crippen LogP contribution in [0.4, 0.5) is 0 Å². The van der Waals surface area contributed by atoms with Crippen LogP contribution in [-0.2, 0) is 14.8 Å². The number of hydrogen-bond acceptors (Lipinski definition) is 5. The third-order valence-electron chi connectivity index (χ3n) is 3.18. The Morgan fingerprint density at radius 2 is 1.86 bits per heavy atom. The largest absolute Gasteiger partial charge is 0.487 e. The normalized spacial score (nSPS) is 17.0. The minimum Gasteiger partial charge on any atom is -0.487 e. The Hall–Kier alpha value is -1.97. The first-order chi connectivity index (χ1) is 10.1. The van der Waals surface area contributed by atoms with Gasteiger partial charge in [-0.1, -0.05) is 0 Å². The van der Waals surface area contributed by atoms with Gasteiger partial charge in [0.15, 0.2) is 0 Å². The first-order valence-electron chi connectivity index (χ1n) is 6.36. The van der Waals surface area contributed by atoms with Gasteiger partial charge in [-0.3, -0.25) is 10.7 Å². The molecule has 1 aromatic carbocycles. The van der Waals surface area contributed by atoms with E-state index in [1.54, 1.807) is 12.1 Å². The molecule has 0 spiro atoms. The predicted molar refractivity (Wildman–Crippen MR) is 69.0 cm³/mol. The Kier molecular flexibility index (Phi) is 3.62. The number of hydrogen-bond donors (Lipinski definition) is 1. The van der Waals surface area contributed by atoms with Gasteiger partial charge in [-0.05, 0) is 12.1 Å². The summed E-state index contributed by atoms with van der Waals surface area (Å²) in [4.78, 5) is 0.225. The summed E-state index contributed by atoms with van der Waals surface area (Å²) in [5.74, 6) is 0.